The number of nitrogens with zero attached hydrogens (tertiary/aromatic N) is 1. The van der Waals surface area contributed by atoms with E-state index in [0.29, 0.717) is 11.3 Å². The smallest absolute Gasteiger partial charge is 0.326 e. The van der Waals surface area contributed by atoms with Crippen LogP contribution >= 0.6 is 11.8 Å². The van der Waals surface area contributed by atoms with Crippen LogP contribution in [-0.4, -0.2) is 40.8 Å². The molecule has 8 nitrogen and oxygen atoms in total. The Kier molecular flexibility index (Phi) is 7.50. The van der Waals surface area contributed by atoms with Crippen molar-refractivity contribution >= 4 is 29.3 Å². The molecular weight excluding hydrogens is 336 g/mol. The highest BCUT2D eigenvalue weighted by atomic mass is 32.2. The summed E-state index contributed by atoms with van der Waals surface area (Å²) in [5.74, 6) is -1.06. The highest BCUT2D eigenvalue weighted by Crippen LogP contribution is 2.28. The topological polar surface area (TPSA) is 119 Å². The van der Waals surface area contributed by atoms with Crippen LogP contribution in [0.15, 0.2) is 18.2 Å². The maximum atomic E-state index is 11.8. The summed E-state index contributed by atoms with van der Waals surface area (Å²) in [5.41, 5.74) is 0.546. The van der Waals surface area contributed by atoms with Crippen molar-refractivity contribution in [3.8, 4) is 5.75 Å². The number of hydrogen-bond donors (Lipinski definition) is 2. The number of carbonyl (C=O) groups excluding carboxylic acids is 1. The van der Waals surface area contributed by atoms with Gasteiger partial charge in [0.25, 0.3) is 0 Å². The number of nitrogens with one attached hydrogen (secondary N) is 1. The molecule has 1 amide bonds. The van der Waals surface area contributed by atoms with E-state index in [9.17, 15) is 19.7 Å². The minimum atomic E-state index is -1.07. The van der Waals surface area contributed by atoms with E-state index in [1.807, 2.05) is 0 Å². The zero-order valence-electron chi connectivity index (χ0n) is 13.6. The van der Waals surface area contributed by atoms with Gasteiger partial charge in [-0.3, -0.25) is 14.9 Å². The predicted octanol–water partition coefficient (Wildman–Crippen LogP) is 2.06. The molecule has 1 rings (SSSR count). The Morgan fingerprint density at radius 1 is 1.42 bits per heavy atom. The molecule has 9 heteroatoms. The predicted molar refractivity (Wildman–Crippen MR) is 90.2 cm³/mol. The van der Waals surface area contributed by atoms with Crippen LogP contribution in [0.4, 0.5) is 5.69 Å². The number of aliphatic carboxylic acids is 1. The van der Waals surface area contributed by atoms with Gasteiger partial charge >= 0.3 is 11.7 Å². The largest absolute Gasteiger partial charge is 0.490 e. The first kappa shape index (κ1) is 19.8. The minimum Gasteiger partial charge on any atom is -0.490 e. The molecule has 0 bridgehead atoms. The molecule has 2 N–H and O–H groups in total. The number of rotatable bonds is 9. The Labute approximate surface area is 143 Å². The number of ether oxygens (including phenoxy) is 1. The van der Waals surface area contributed by atoms with Gasteiger partial charge in [-0.05, 0) is 17.5 Å². The van der Waals surface area contributed by atoms with Gasteiger partial charge in [0.1, 0.15) is 6.04 Å². The number of nitro benzene ring substituents is 1. The van der Waals surface area contributed by atoms with Crippen molar-refractivity contribution in [1.82, 2.24) is 5.32 Å². The van der Waals surface area contributed by atoms with Gasteiger partial charge in [0.2, 0.25) is 5.91 Å². The monoisotopic (exact) mass is 356 g/mol. The minimum absolute atomic E-state index is 0.0658. The molecule has 0 heterocycles. The Morgan fingerprint density at radius 2 is 2.08 bits per heavy atom. The van der Waals surface area contributed by atoms with Gasteiger partial charge in [0.15, 0.2) is 5.75 Å². The second-order valence-corrected chi connectivity index (χ2v) is 6.37. The van der Waals surface area contributed by atoms with Crippen LogP contribution in [0.5, 0.6) is 5.75 Å². The summed E-state index contributed by atoms with van der Waals surface area (Å²) in [4.78, 5) is 33.3. The number of carboxylic acids is 1. The highest BCUT2D eigenvalue weighted by molar-refractivity contribution is 7.99. The van der Waals surface area contributed by atoms with E-state index in [4.69, 9.17) is 9.84 Å². The van der Waals surface area contributed by atoms with E-state index in [0.717, 1.165) is 0 Å². The van der Waals surface area contributed by atoms with Crippen LogP contribution in [0.1, 0.15) is 19.4 Å². The van der Waals surface area contributed by atoms with E-state index in [1.165, 1.54) is 31.0 Å². The summed E-state index contributed by atoms with van der Waals surface area (Å²) in [6.45, 7) is 3.42. The molecule has 0 radical (unpaired) electrons. The van der Waals surface area contributed by atoms with E-state index in [1.54, 1.807) is 19.9 Å². The molecule has 0 fully saturated rings. The Hall–Kier alpha value is -2.29. The van der Waals surface area contributed by atoms with Crippen molar-refractivity contribution in [3.63, 3.8) is 0 Å². The van der Waals surface area contributed by atoms with Crippen molar-refractivity contribution in [3.05, 3.63) is 33.9 Å². The fourth-order valence-corrected chi connectivity index (χ4v) is 2.74. The summed E-state index contributed by atoms with van der Waals surface area (Å²) >= 11 is 1.25. The highest BCUT2D eigenvalue weighted by Gasteiger charge is 2.23. The number of nitro groups is 1. The summed E-state index contributed by atoms with van der Waals surface area (Å²) in [5, 5.41) is 22.5. The Balaban J connectivity index is 2.58. The van der Waals surface area contributed by atoms with Gasteiger partial charge in [-0.25, -0.2) is 4.79 Å². The van der Waals surface area contributed by atoms with Gasteiger partial charge in [0, 0.05) is 11.8 Å². The Bertz CT molecular complexity index is 620. The van der Waals surface area contributed by atoms with Crippen LogP contribution in [0.2, 0.25) is 0 Å². The zero-order chi connectivity index (χ0) is 18.3. The van der Waals surface area contributed by atoms with Crippen LogP contribution < -0.4 is 10.1 Å². The third kappa shape index (κ3) is 5.73. The number of carbonyl (C=O) groups is 2. The molecule has 24 heavy (non-hydrogen) atoms. The molecule has 132 valence electrons. The van der Waals surface area contributed by atoms with Crippen molar-refractivity contribution in [1.29, 1.82) is 0 Å². The third-order valence-electron chi connectivity index (χ3n) is 3.19. The number of hydrogen-bond acceptors (Lipinski definition) is 6. The van der Waals surface area contributed by atoms with Crippen LogP contribution in [0.25, 0.3) is 0 Å². The average Bonchev–Trinajstić information content (AvgIpc) is 2.51. The van der Waals surface area contributed by atoms with Crippen LogP contribution in [0.3, 0.4) is 0 Å². The summed E-state index contributed by atoms with van der Waals surface area (Å²) in [7, 11) is 1.36. The van der Waals surface area contributed by atoms with Gasteiger partial charge in [-0.15, -0.1) is 11.8 Å². The zero-order valence-corrected chi connectivity index (χ0v) is 14.5. The number of amides is 1. The molecule has 0 aliphatic heterocycles. The maximum absolute atomic E-state index is 11.8. The van der Waals surface area contributed by atoms with Crippen molar-refractivity contribution < 1.29 is 24.4 Å². The number of benzene rings is 1. The molecule has 0 unspecified atom stereocenters. The van der Waals surface area contributed by atoms with Crippen LogP contribution in [0, 0.1) is 16.0 Å². The van der Waals surface area contributed by atoms with Crippen LogP contribution in [-0.2, 0) is 15.3 Å². The van der Waals surface area contributed by atoms with Crippen molar-refractivity contribution in [2.45, 2.75) is 25.6 Å². The first-order valence-corrected chi connectivity index (χ1v) is 8.33. The molecule has 0 aromatic heterocycles. The van der Waals surface area contributed by atoms with E-state index in [-0.39, 0.29) is 29.0 Å². The molecule has 0 saturated carbocycles. The molecule has 0 aliphatic carbocycles. The fraction of sp³-hybridized carbons (Fsp3) is 0.467. The van der Waals surface area contributed by atoms with Crippen molar-refractivity contribution in [2.24, 2.45) is 5.92 Å². The first-order valence-electron chi connectivity index (χ1n) is 7.17. The molecule has 1 aromatic carbocycles. The van der Waals surface area contributed by atoms with E-state index >= 15 is 0 Å². The molecular formula is C15H20N2O6S. The summed E-state index contributed by atoms with van der Waals surface area (Å²) < 4.78 is 4.92. The summed E-state index contributed by atoms with van der Waals surface area (Å²) in [6.07, 6.45) is 0. The lowest BCUT2D eigenvalue weighted by Gasteiger charge is -2.17. The van der Waals surface area contributed by atoms with Gasteiger partial charge in [-0.1, -0.05) is 19.9 Å². The first-order chi connectivity index (χ1) is 11.3. The average molecular weight is 356 g/mol. The quantitative estimate of drug-likeness (QED) is 0.513. The number of methoxy groups -OCH3 is 1. The van der Waals surface area contributed by atoms with Crippen molar-refractivity contribution in [2.75, 3.05) is 12.9 Å². The second-order valence-electron chi connectivity index (χ2n) is 5.38. The van der Waals surface area contributed by atoms with Gasteiger partial charge < -0.3 is 15.2 Å². The lowest BCUT2D eigenvalue weighted by Crippen LogP contribution is -2.45. The number of carboxylic acid groups (broad SMARTS) is 1. The van der Waals surface area contributed by atoms with Gasteiger partial charge in [0.05, 0.1) is 17.8 Å². The number of thioether (sulfide) groups is 1. The van der Waals surface area contributed by atoms with Gasteiger partial charge in [-0.2, -0.15) is 0 Å². The SMILES string of the molecule is COc1ccc(CSCC(=O)N[C@@H](C(=O)O)C(C)C)cc1[N+](=O)[O-]. The molecule has 1 atom stereocenters. The molecule has 0 saturated heterocycles. The summed E-state index contributed by atoms with van der Waals surface area (Å²) in [6, 6.07) is 3.66. The Morgan fingerprint density at radius 3 is 2.58 bits per heavy atom. The lowest BCUT2D eigenvalue weighted by molar-refractivity contribution is -0.385. The van der Waals surface area contributed by atoms with E-state index < -0.39 is 16.9 Å². The standard InChI is InChI=1S/C15H20N2O6S/c1-9(2)14(15(19)20)16-13(18)8-24-7-10-4-5-12(23-3)11(6-10)17(21)22/h4-6,9,14H,7-8H2,1-3H3,(H,16,18)(H,19,20)/t14-/m1/s1. The van der Waals surface area contributed by atoms with E-state index in [2.05, 4.69) is 5.32 Å². The second kappa shape index (κ2) is 9.11. The normalized spacial score (nSPS) is 11.8. The molecule has 0 spiro atoms. The molecule has 0 aliphatic rings. The maximum Gasteiger partial charge on any atom is 0.326 e. The molecule has 1 aromatic rings. The lowest BCUT2D eigenvalue weighted by atomic mass is 10.1. The third-order valence-corrected chi connectivity index (χ3v) is 4.19. The fourth-order valence-electron chi connectivity index (χ4n) is 1.96.